The zero-order valence-electron chi connectivity index (χ0n) is 19.8. The van der Waals surface area contributed by atoms with Gasteiger partial charge in [-0.3, -0.25) is 13.9 Å². The smallest absolute Gasteiger partial charge is 0.459 e. The lowest BCUT2D eigenvalue weighted by atomic mass is 10.2. The fraction of sp³-hybridized carbons (Fsp3) is 0.545. The van der Waals surface area contributed by atoms with Crippen molar-refractivity contribution in [2.24, 2.45) is 0 Å². The second kappa shape index (κ2) is 11.7. The summed E-state index contributed by atoms with van der Waals surface area (Å²) in [5, 5.41) is 12.3. The van der Waals surface area contributed by atoms with Crippen LogP contribution in [0.3, 0.4) is 0 Å². The molecular weight excluding hydrogens is 509 g/mol. The zero-order chi connectivity index (χ0) is 25.7. The number of anilines is 1. The van der Waals surface area contributed by atoms with Gasteiger partial charge in [-0.05, 0) is 44.7 Å². The zero-order valence-corrected chi connectivity index (χ0v) is 21.5. The maximum Gasteiger partial charge on any atom is 0.459 e. The number of nitrogens with two attached hydrogens (primary N) is 1. The molecule has 4 rings (SSSR count). The number of rotatable bonds is 10. The summed E-state index contributed by atoms with van der Waals surface area (Å²) in [6.07, 6.45) is 4.15. The minimum Gasteiger partial charge on any atom is -0.461 e. The number of nitrogens with zero attached hydrogens (tertiary/aromatic N) is 3. The molecule has 2 heterocycles. The highest BCUT2D eigenvalue weighted by Gasteiger charge is 2.39. The van der Waals surface area contributed by atoms with Gasteiger partial charge in [0, 0.05) is 6.42 Å². The van der Waals surface area contributed by atoms with Crippen molar-refractivity contribution in [2.45, 2.75) is 67.9 Å². The number of ether oxygens (including phenoxy) is 1. The van der Waals surface area contributed by atoms with Crippen LogP contribution in [0.1, 0.15) is 44.4 Å². The van der Waals surface area contributed by atoms with Gasteiger partial charge in [0.2, 0.25) is 5.95 Å². The number of nitrogen functional groups attached to an aromatic ring is 1. The molecule has 0 radical (unpaired) electrons. The number of hydrogen-bond donors (Lipinski definition) is 3. The third-order valence-electron chi connectivity index (χ3n) is 5.93. The molecule has 0 spiro atoms. The Morgan fingerprint density at radius 1 is 1.33 bits per heavy atom. The number of esters is 1. The predicted molar refractivity (Wildman–Crippen MR) is 133 cm³/mol. The number of thioether (sulfide) groups is 1. The molecule has 2 aliphatic rings. The van der Waals surface area contributed by atoms with E-state index in [1.54, 1.807) is 30.3 Å². The van der Waals surface area contributed by atoms with Crippen LogP contribution in [0.2, 0.25) is 0 Å². The van der Waals surface area contributed by atoms with Gasteiger partial charge in [-0.25, -0.2) is 14.3 Å². The first-order valence-corrected chi connectivity index (χ1v) is 14.2. The van der Waals surface area contributed by atoms with Crippen LogP contribution in [0.5, 0.6) is 5.75 Å². The maximum atomic E-state index is 13.7. The number of benzene rings is 1. The van der Waals surface area contributed by atoms with Gasteiger partial charge in [-0.2, -0.15) is 10.1 Å². The van der Waals surface area contributed by atoms with Gasteiger partial charge in [-0.1, -0.05) is 18.2 Å². The maximum absolute atomic E-state index is 13.7. The summed E-state index contributed by atoms with van der Waals surface area (Å²) in [6.45, 7) is 1.36. The molecule has 0 amide bonds. The molecule has 2 aromatic rings. The Morgan fingerprint density at radius 3 is 2.75 bits per heavy atom. The Hall–Kier alpha value is -2.44. The van der Waals surface area contributed by atoms with Gasteiger partial charge in [0.15, 0.2) is 0 Å². The largest absolute Gasteiger partial charge is 0.461 e. The molecule has 196 valence electrons. The SMILES string of the molecule is C[C@H](NP(=O)(OCC1S[C@@H](n2cnc(N)nc2=O)CC1O)Oc1ccccc1)C(=O)OC1CCCC1. The highest BCUT2D eigenvalue weighted by atomic mass is 32.2. The van der Waals surface area contributed by atoms with E-state index < -0.39 is 42.2 Å². The number of aromatic nitrogens is 3. The van der Waals surface area contributed by atoms with E-state index in [2.05, 4.69) is 15.1 Å². The second-order valence-corrected chi connectivity index (χ2v) is 11.8. The van der Waals surface area contributed by atoms with E-state index in [0.29, 0.717) is 0 Å². The van der Waals surface area contributed by atoms with Crippen molar-refractivity contribution in [3.05, 3.63) is 47.1 Å². The Labute approximate surface area is 212 Å². The average molecular weight is 540 g/mol. The Balaban J connectivity index is 1.42. The van der Waals surface area contributed by atoms with E-state index in [4.69, 9.17) is 19.5 Å². The Morgan fingerprint density at radius 2 is 2.06 bits per heavy atom. The number of aliphatic hydroxyl groups is 1. The number of nitrogens with one attached hydrogen (secondary N) is 1. The molecule has 1 aliphatic heterocycles. The van der Waals surface area contributed by atoms with Crippen LogP contribution in [0.15, 0.2) is 41.5 Å². The van der Waals surface area contributed by atoms with Crippen molar-refractivity contribution in [1.82, 2.24) is 19.6 Å². The van der Waals surface area contributed by atoms with Crippen molar-refractivity contribution >= 4 is 31.4 Å². The summed E-state index contributed by atoms with van der Waals surface area (Å²) in [6, 6.07) is 7.47. The van der Waals surface area contributed by atoms with Gasteiger partial charge in [0.05, 0.1) is 23.3 Å². The molecule has 1 saturated carbocycles. The number of aliphatic hydroxyl groups excluding tert-OH is 1. The Bertz CT molecular complexity index is 1150. The van der Waals surface area contributed by atoms with Crippen molar-refractivity contribution in [2.75, 3.05) is 12.3 Å². The minimum atomic E-state index is -4.07. The van der Waals surface area contributed by atoms with Crippen LogP contribution in [0, 0.1) is 0 Å². The van der Waals surface area contributed by atoms with Crippen molar-refractivity contribution in [3.63, 3.8) is 0 Å². The van der Waals surface area contributed by atoms with Crippen LogP contribution in [-0.2, 0) is 18.6 Å². The fourth-order valence-electron chi connectivity index (χ4n) is 4.03. The lowest BCUT2D eigenvalue weighted by Crippen LogP contribution is -2.37. The minimum absolute atomic E-state index is 0.134. The normalized spacial score (nSPS) is 24.8. The van der Waals surface area contributed by atoms with Crippen molar-refractivity contribution in [1.29, 1.82) is 0 Å². The third kappa shape index (κ3) is 6.86. The van der Waals surface area contributed by atoms with Crippen LogP contribution in [0.25, 0.3) is 0 Å². The molecule has 2 fully saturated rings. The van der Waals surface area contributed by atoms with Gasteiger partial charge in [0.25, 0.3) is 0 Å². The highest BCUT2D eigenvalue weighted by molar-refractivity contribution is 8.00. The summed E-state index contributed by atoms with van der Waals surface area (Å²) in [5.41, 5.74) is 4.87. The molecule has 1 aromatic carbocycles. The molecule has 5 atom stereocenters. The topological polar surface area (TPSA) is 168 Å². The monoisotopic (exact) mass is 539 g/mol. The van der Waals surface area contributed by atoms with E-state index in [1.165, 1.54) is 29.6 Å². The van der Waals surface area contributed by atoms with Crippen LogP contribution < -0.4 is 21.0 Å². The first-order chi connectivity index (χ1) is 17.2. The molecule has 3 unspecified atom stereocenters. The molecule has 14 heteroatoms. The quantitative estimate of drug-likeness (QED) is 0.298. The Kier molecular flexibility index (Phi) is 8.68. The summed E-state index contributed by atoms with van der Waals surface area (Å²) >= 11 is 1.26. The van der Waals surface area contributed by atoms with Crippen LogP contribution in [0.4, 0.5) is 5.95 Å². The van der Waals surface area contributed by atoms with Crippen molar-refractivity contribution in [3.8, 4) is 5.75 Å². The predicted octanol–water partition coefficient (Wildman–Crippen LogP) is 2.25. The number of hydrogen-bond acceptors (Lipinski definition) is 11. The first-order valence-electron chi connectivity index (χ1n) is 11.7. The first kappa shape index (κ1) is 26.6. The van der Waals surface area contributed by atoms with E-state index in [9.17, 15) is 19.3 Å². The second-order valence-electron chi connectivity index (χ2n) is 8.73. The summed E-state index contributed by atoms with van der Waals surface area (Å²) in [5.74, 6) is -0.390. The van der Waals surface area contributed by atoms with Crippen molar-refractivity contribution < 1.29 is 28.3 Å². The molecule has 12 nitrogen and oxygen atoms in total. The van der Waals surface area contributed by atoms with Gasteiger partial charge < -0.3 is 20.1 Å². The van der Waals surface area contributed by atoms with E-state index >= 15 is 0 Å². The standard InChI is InChI=1S/C22H30N5O7PS/c1-14(20(29)33-15-7-5-6-8-15)26-35(31,34-16-9-3-2-4-10-16)32-12-18-17(28)11-19(36-18)27-13-24-21(23)25-22(27)30/h2-4,9-10,13-15,17-19,28H,5-8,11-12H2,1H3,(H,26,31)(H2,23,25,30)/t14-,17?,18?,19+,35?/m0/s1. The van der Waals surface area contributed by atoms with Crippen LogP contribution >= 0.6 is 19.5 Å². The third-order valence-corrected chi connectivity index (χ3v) is 9.11. The van der Waals surface area contributed by atoms with E-state index in [1.807, 2.05) is 0 Å². The molecule has 1 aromatic heterocycles. The lowest BCUT2D eigenvalue weighted by Gasteiger charge is -2.25. The van der Waals surface area contributed by atoms with Gasteiger partial charge >= 0.3 is 19.4 Å². The molecular formula is C22H30N5O7PS. The van der Waals surface area contributed by atoms with Gasteiger partial charge in [0.1, 0.15) is 24.2 Å². The average Bonchev–Trinajstić information content (AvgIpc) is 3.47. The van der Waals surface area contributed by atoms with E-state index in [-0.39, 0.29) is 30.8 Å². The molecule has 4 N–H and O–H groups in total. The number of carbonyl (C=O) groups is 1. The lowest BCUT2D eigenvalue weighted by molar-refractivity contribution is -0.150. The summed E-state index contributed by atoms with van der Waals surface area (Å²) in [4.78, 5) is 32.2. The molecule has 0 bridgehead atoms. The summed E-state index contributed by atoms with van der Waals surface area (Å²) < 4.78 is 31.9. The fourth-order valence-corrected chi connectivity index (χ4v) is 7.08. The van der Waals surface area contributed by atoms with Crippen LogP contribution in [-0.4, -0.2) is 55.7 Å². The van der Waals surface area contributed by atoms with Gasteiger partial charge in [-0.15, -0.1) is 11.8 Å². The van der Waals surface area contributed by atoms with E-state index in [0.717, 1.165) is 25.7 Å². The highest BCUT2D eigenvalue weighted by Crippen LogP contribution is 2.48. The molecule has 1 aliphatic carbocycles. The molecule has 36 heavy (non-hydrogen) atoms. The number of carbonyl (C=O) groups excluding carboxylic acids is 1. The summed E-state index contributed by atoms with van der Waals surface area (Å²) in [7, 11) is -4.07. The number of para-hydroxylation sites is 1. The molecule has 1 saturated heterocycles.